The van der Waals surface area contributed by atoms with Gasteiger partial charge in [-0.15, -0.1) is 0 Å². The Labute approximate surface area is 161 Å². The molecule has 0 saturated carbocycles. The van der Waals surface area contributed by atoms with Gasteiger partial charge in [-0.05, 0) is 42.0 Å². The predicted octanol–water partition coefficient (Wildman–Crippen LogP) is 5.21. The molecule has 0 saturated heterocycles. The summed E-state index contributed by atoms with van der Waals surface area (Å²) in [5.41, 5.74) is 6.16. The van der Waals surface area contributed by atoms with E-state index < -0.39 is 0 Å². The second-order valence-corrected chi connectivity index (χ2v) is 7.50. The number of nitrogens with zero attached hydrogens (tertiary/aromatic N) is 3. The van der Waals surface area contributed by atoms with E-state index in [9.17, 15) is 0 Å². The third-order valence-corrected chi connectivity index (χ3v) is 5.12. The molecule has 4 rings (SSSR count). The van der Waals surface area contributed by atoms with Crippen molar-refractivity contribution in [2.75, 3.05) is 16.8 Å². The summed E-state index contributed by atoms with van der Waals surface area (Å²) in [7, 11) is 0. The summed E-state index contributed by atoms with van der Waals surface area (Å²) in [6.45, 7) is 8.31. The fourth-order valence-corrected chi connectivity index (χ4v) is 3.70. The van der Waals surface area contributed by atoms with Crippen LogP contribution in [0.4, 0.5) is 17.5 Å². The van der Waals surface area contributed by atoms with E-state index in [1.807, 2.05) is 13.0 Å². The first-order chi connectivity index (χ1) is 13.1. The van der Waals surface area contributed by atoms with Crippen LogP contribution in [-0.4, -0.2) is 16.5 Å². The van der Waals surface area contributed by atoms with Gasteiger partial charge in [0.05, 0.1) is 0 Å². The normalized spacial score (nSPS) is 13.6. The second-order valence-electron chi connectivity index (χ2n) is 7.50. The molecular weight excluding hydrogens is 332 g/mol. The summed E-state index contributed by atoms with van der Waals surface area (Å²) in [5.74, 6) is 2.09. The number of para-hydroxylation sites is 1. The van der Waals surface area contributed by atoms with Crippen molar-refractivity contribution in [1.82, 2.24) is 9.97 Å². The SMILES string of the molecule is Cc1cc(N2CCc3ccccc3C2)nc(Nc2ccccc2C(C)C)n1. The molecule has 0 atom stereocenters. The van der Waals surface area contributed by atoms with Gasteiger partial charge in [0.1, 0.15) is 5.82 Å². The smallest absolute Gasteiger partial charge is 0.229 e. The zero-order valence-corrected chi connectivity index (χ0v) is 16.2. The molecule has 2 heterocycles. The number of aromatic nitrogens is 2. The molecule has 1 aliphatic rings. The van der Waals surface area contributed by atoms with Crippen LogP contribution < -0.4 is 10.2 Å². The standard InChI is InChI=1S/C23H26N4/c1-16(2)20-10-6-7-11-21(20)25-23-24-17(3)14-22(26-23)27-13-12-18-8-4-5-9-19(18)15-27/h4-11,14,16H,12-13,15H2,1-3H3,(H,24,25,26). The average Bonchev–Trinajstić information content (AvgIpc) is 2.67. The molecule has 0 amide bonds. The molecule has 27 heavy (non-hydrogen) atoms. The lowest BCUT2D eigenvalue weighted by Crippen LogP contribution is -2.31. The van der Waals surface area contributed by atoms with Gasteiger partial charge in [-0.1, -0.05) is 56.3 Å². The molecule has 0 radical (unpaired) electrons. The quantitative estimate of drug-likeness (QED) is 0.695. The minimum absolute atomic E-state index is 0.441. The van der Waals surface area contributed by atoms with Crippen LogP contribution in [0.15, 0.2) is 54.6 Å². The van der Waals surface area contributed by atoms with Gasteiger partial charge in [0.25, 0.3) is 0 Å². The van der Waals surface area contributed by atoms with Crippen LogP contribution in [0.1, 0.15) is 42.1 Å². The first-order valence-corrected chi connectivity index (χ1v) is 9.63. The monoisotopic (exact) mass is 358 g/mol. The Morgan fingerprint density at radius 1 is 0.963 bits per heavy atom. The number of hydrogen-bond acceptors (Lipinski definition) is 4. The molecule has 4 nitrogen and oxygen atoms in total. The van der Waals surface area contributed by atoms with Gasteiger partial charge in [0.15, 0.2) is 0 Å². The Bertz CT molecular complexity index is 949. The molecule has 0 aliphatic carbocycles. The van der Waals surface area contributed by atoms with Crippen molar-refractivity contribution >= 4 is 17.5 Å². The van der Waals surface area contributed by atoms with Crippen LogP contribution in [0, 0.1) is 6.92 Å². The second kappa shape index (κ2) is 7.39. The fraction of sp³-hybridized carbons (Fsp3) is 0.304. The Morgan fingerprint density at radius 2 is 1.70 bits per heavy atom. The zero-order chi connectivity index (χ0) is 18.8. The van der Waals surface area contributed by atoms with E-state index in [-0.39, 0.29) is 0 Å². The first kappa shape index (κ1) is 17.5. The van der Waals surface area contributed by atoms with Gasteiger partial charge in [-0.2, -0.15) is 4.98 Å². The maximum Gasteiger partial charge on any atom is 0.229 e. The summed E-state index contributed by atoms with van der Waals surface area (Å²) >= 11 is 0. The molecule has 0 bridgehead atoms. The Balaban J connectivity index is 1.61. The molecule has 0 fully saturated rings. The third-order valence-electron chi connectivity index (χ3n) is 5.12. The molecule has 1 aliphatic heterocycles. The number of fused-ring (bicyclic) bond motifs is 1. The minimum Gasteiger partial charge on any atom is -0.352 e. The van der Waals surface area contributed by atoms with Crippen molar-refractivity contribution < 1.29 is 0 Å². The highest BCUT2D eigenvalue weighted by Crippen LogP contribution is 2.28. The lowest BCUT2D eigenvalue weighted by Gasteiger charge is -2.30. The number of anilines is 3. The maximum absolute atomic E-state index is 4.83. The van der Waals surface area contributed by atoms with Gasteiger partial charge in [0.2, 0.25) is 5.95 Å². The molecule has 3 aromatic rings. The van der Waals surface area contributed by atoms with Crippen molar-refractivity contribution in [3.8, 4) is 0 Å². The number of benzene rings is 2. The Morgan fingerprint density at radius 3 is 2.52 bits per heavy atom. The van der Waals surface area contributed by atoms with Crippen LogP contribution in [0.5, 0.6) is 0 Å². The van der Waals surface area contributed by atoms with E-state index in [1.165, 1.54) is 16.7 Å². The maximum atomic E-state index is 4.83. The lowest BCUT2D eigenvalue weighted by atomic mass is 10.00. The fourth-order valence-electron chi connectivity index (χ4n) is 3.70. The molecule has 1 N–H and O–H groups in total. The molecule has 0 spiro atoms. The highest BCUT2D eigenvalue weighted by atomic mass is 15.2. The van der Waals surface area contributed by atoms with E-state index in [0.29, 0.717) is 11.9 Å². The van der Waals surface area contributed by atoms with E-state index in [0.717, 1.165) is 36.7 Å². The van der Waals surface area contributed by atoms with Gasteiger partial charge in [-0.3, -0.25) is 0 Å². The Kier molecular flexibility index (Phi) is 4.80. The summed E-state index contributed by atoms with van der Waals surface area (Å²) in [6, 6.07) is 19.1. The summed E-state index contributed by atoms with van der Waals surface area (Å²) in [5, 5.41) is 3.44. The third kappa shape index (κ3) is 3.80. The molecule has 2 aromatic carbocycles. The van der Waals surface area contributed by atoms with Gasteiger partial charge in [-0.25, -0.2) is 4.98 Å². The average molecular weight is 358 g/mol. The van der Waals surface area contributed by atoms with Crippen LogP contribution in [0.3, 0.4) is 0 Å². The highest BCUT2D eigenvalue weighted by molar-refractivity contribution is 5.61. The van der Waals surface area contributed by atoms with Crippen LogP contribution in [0.25, 0.3) is 0 Å². The van der Waals surface area contributed by atoms with Gasteiger partial charge >= 0.3 is 0 Å². The van der Waals surface area contributed by atoms with Gasteiger partial charge in [0, 0.05) is 30.5 Å². The number of hydrogen-bond donors (Lipinski definition) is 1. The lowest BCUT2D eigenvalue weighted by molar-refractivity contribution is 0.719. The van der Waals surface area contributed by atoms with E-state index in [2.05, 4.69) is 77.6 Å². The van der Waals surface area contributed by atoms with E-state index in [4.69, 9.17) is 4.98 Å². The number of rotatable bonds is 4. The first-order valence-electron chi connectivity index (χ1n) is 9.63. The van der Waals surface area contributed by atoms with Crippen molar-refractivity contribution in [3.05, 3.63) is 77.0 Å². The van der Waals surface area contributed by atoms with Crippen LogP contribution >= 0.6 is 0 Å². The van der Waals surface area contributed by atoms with Crippen molar-refractivity contribution in [3.63, 3.8) is 0 Å². The highest BCUT2D eigenvalue weighted by Gasteiger charge is 2.18. The summed E-state index contributed by atoms with van der Waals surface area (Å²) < 4.78 is 0. The molecule has 4 heteroatoms. The van der Waals surface area contributed by atoms with Crippen molar-refractivity contribution in [2.45, 2.75) is 39.7 Å². The molecule has 0 unspecified atom stereocenters. The summed E-state index contributed by atoms with van der Waals surface area (Å²) in [6.07, 6.45) is 1.05. The largest absolute Gasteiger partial charge is 0.352 e. The molecular formula is C23H26N4. The molecule has 138 valence electrons. The Hall–Kier alpha value is -2.88. The number of aryl methyl sites for hydroxylation is 1. The predicted molar refractivity (Wildman–Crippen MR) is 112 cm³/mol. The van der Waals surface area contributed by atoms with E-state index in [1.54, 1.807) is 0 Å². The topological polar surface area (TPSA) is 41.1 Å². The van der Waals surface area contributed by atoms with Crippen LogP contribution in [0.2, 0.25) is 0 Å². The number of nitrogens with one attached hydrogen (secondary N) is 1. The zero-order valence-electron chi connectivity index (χ0n) is 16.2. The van der Waals surface area contributed by atoms with Crippen molar-refractivity contribution in [1.29, 1.82) is 0 Å². The minimum atomic E-state index is 0.441. The van der Waals surface area contributed by atoms with E-state index >= 15 is 0 Å². The van der Waals surface area contributed by atoms with Crippen LogP contribution in [-0.2, 0) is 13.0 Å². The van der Waals surface area contributed by atoms with Crippen molar-refractivity contribution in [2.24, 2.45) is 0 Å². The summed E-state index contributed by atoms with van der Waals surface area (Å²) in [4.78, 5) is 11.8. The van der Waals surface area contributed by atoms with Gasteiger partial charge < -0.3 is 10.2 Å². The molecule has 1 aromatic heterocycles.